The number of benzene rings is 3. The van der Waals surface area contributed by atoms with Gasteiger partial charge in [0.05, 0.1) is 23.0 Å². The molecule has 0 amide bonds. The predicted molar refractivity (Wildman–Crippen MR) is 109 cm³/mol. The molecule has 4 rings (SSSR count). The first-order valence-corrected chi connectivity index (χ1v) is 9.55. The van der Waals surface area contributed by atoms with Gasteiger partial charge in [0.2, 0.25) is 0 Å². The topological polar surface area (TPSA) is 53.1 Å². The zero-order valence-corrected chi connectivity index (χ0v) is 16.5. The van der Waals surface area contributed by atoms with Crippen molar-refractivity contribution in [3.63, 3.8) is 0 Å². The lowest BCUT2D eigenvalue weighted by Gasteiger charge is -2.23. The van der Waals surface area contributed by atoms with E-state index in [1.165, 1.54) is 24.3 Å². The van der Waals surface area contributed by atoms with E-state index in [1.54, 1.807) is 42.1 Å². The second kappa shape index (κ2) is 8.03. The van der Waals surface area contributed by atoms with E-state index in [-0.39, 0.29) is 5.82 Å². The molecule has 1 aromatic heterocycles. The summed E-state index contributed by atoms with van der Waals surface area (Å²) < 4.78 is 59.4. The first-order chi connectivity index (χ1) is 14.7. The van der Waals surface area contributed by atoms with Gasteiger partial charge < -0.3 is 10.5 Å². The molecular formula is C23H19F4N3O. The van der Waals surface area contributed by atoms with E-state index in [0.29, 0.717) is 17.0 Å². The lowest BCUT2D eigenvalue weighted by Crippen LogP contribution is -2.29. The molecule has 0 saturated carbocycles. The summed E-state index contributed by atoms with van der Waals surface area (Å²) in [6, 6.07) is 15.6. The second-order valence-corrected chi connectivity index (χ2v) is 7.27. The molecule has 0 bridgehead atoms. The predicted octanol–water partition coefficient (Wildman–Crippen LogP) is 5.65. The summed E-state index contributed by atoms with van der Waals surface area (Å²) in [4.78, 5) is 0. The molecule has 1 heterocycles. The number of nitrogens with two attached hydrogens (primary N) is 1. The van der Waals surface area contributed by atoms with E-state index in [1.807, 2.05) is 6.07 Å². The van der Waals surface area contributed by atoms with Crippen molar-refractivity contribution >= 4 is 10.9 Å². The van der Waals surface area contributed by atoms with Crippen LogP contribution in [0.1, 0.15) is 24.2 Å². The summed E-state index contributed by atoms with van der Waals surface area (Å²) in [6.45, 7) is 1.73. The van der Waals surface area contributed by atoms with E-state index in [9.17, 15) is 17.6 Å². The number of ether oxygens (including phenoxy) is 1. The number of aromatic nitrogens is 2. The monoisotopic (exact) mass is 429 g/mol. The minimum absolute atomic E-state index is 0.332. The van der Waals surface area contributed by atoms with Crippen LogP contribution < -0.4 is 10.5 Å². The van der Waals surface area contributed by atoms with Gasteiger partial charge in [0.1, 0.15) is 17.7 Å². The van der Waals surface area contributed by atoms with Crippen LogP contribution in [-0.4, -0.2) is 15.8 Å². The second-order valence-electron chi connectivity index (χ2n) is 7.27. The smallest absolute Gasteiger partial charge is 0.416 e. The van der Waals surface area contributed by atoms with Gasteiger partial charge in [0, 0.05) is 11.4 Å². The third-order valence-corrected chi connectivity index (χ3v) is 4.92. The molecule has 0 aliphatic rings. The number of fused-ring (bicyclic) bond motifs is 1. The zero-order chi connectivity index (χ0) is 22.2. The third kappa shape index (κ3) is 4.39. The van der Waals surface area contributed by atoms with Crippen molar-refractivity contribution in [2.24, 2.45) is 5.73 Å². The molecule has 0 unspecified atom stereocenters. The third-order valence-electron chi connectivity index (χ3n) is 4.92. The van der Waals surface area contributed by atoms with Gasteiger partial charge in [-0.3, -0.25) is 0 Å². The molecule has 0 fully saturated rings. The van der Waals surface area contributed by atoms with Gasteiger partial charge in [0.15, 0.2) is 0 Å². The van der Waals surface area contributed by atoms with Crippen LogP contribution in [0, 0.1) is 5.82 Å². The van der Waals surface area contributed by atoms with Crippen molar-refractivity contribution in [1.29, 1.82) is 0 Å². The summed E-state index contributed by atoms with van der Waals surface area (Å²) in [6.07, 6.45) is -3.38. The molecule has 0 aliphatic carbocycles. The van der Waals surface area contributed by atoms with Gasteiger partial charge in [-0.05, 0) is 67.1 Å². The highest BCUT2D eigenvalue weighted by molar-refractivity contribution is 5.81. The Morgan fingerprint density at radius 2 is 1.65 bits per heavy atom. The Labute approximate surface area is 175 Å². The van der Waals surface area contributed by atoms with Crippen molar-refractivity contribution in [2.75, 3.05) is 0 Å². The Morgan fingerprint density at radius 1 is 0.968 bits per heavy atom. The Bertz CT molecular complexity index is 1180. The first kappa shape index (κ1) is 20.9. The van der Waals surface area contributed by atoms with Crippen LogP contribution in [0.15, 0.2) is 72.9 Å². The molecular weight excluding hydrogens is 410 g/mol. The van der Waals surface area contributed by atoms with Crippen LogP contribution in [0.5, 0.6) is 5.75 Å². The van der Waals surface area contributed by atoms with Crippen molar-refractivity contribution in [3.8, 4) is 11.4 Å². The standard InChI is InChI=1S/C23H19F4N3O/c1-14(28)22(15-2-4-17(5-3-15)23(25,26)27)31-20-10-11-21-16(12-20)13-29-30(21)19-8-6-18(24)7-9-19/h2-14,22H,28H2,1H3/t14-,22+/m0/s1. The number of rotatable bonds is 5. The summed E-state index contributed by atoms with van der Waals surface area (Å²) >= 11 is 0. The van der Waals surface area contributed by atoms with Crippen LogP contribution >= 0.6 is 0 Å². The highest BCUT2D eigenvalue weighted by Gasteiger charge is 2.30. The molecule has 2 atom stereocenters. The molecule has 0 spiro atoms. The average molecular weight is 429 g/mol. The van der Waals surface area contributed by atoms with Gasteiger partial charge in [-0.25, -0.2) is 9.07 Å². The maximum absolute atomic E-state index is 13.2. The van der Waals surface area contributed by atoms with Crippen LogP contribution in [0.4, 0.5) is 17.6 Å². The van der Waals surface area contributed by atoms with Crippen LogP contribution in [0.3, 0.4) is 0 Å². The highest BCUT2D eigenvalue weighted by atomic mass is 19.4. The maximum atomic E-state index is 13.2. The summed E-state index contributed by atoms with van der Waals surface area (Å²) in [7, 11) is 0. The number of alkyl halides is 3. The van der Waals surface area contributed by atoms with E-state index in [0.717, 1.165) is 23.0 Å². The molecule has 0 aliphatic heterocycles. The van der Waals surface area contributed by atoms with Crippen LogP contribution in [-0.2, 0) is 6.18 Å². The zero-order valence-electron chi connectivity index (χ0n) is 16.5. The van der Waals surface area contributed by atoms with Crippen molar-refractivity contribution in [1.82, 2.24) is 9.78 Å². The Hall–Kier alpha value is -3.39. The van der Waals surface area contributed by atoms with Gasteiger partial charge in [-0.15, -0.1) is 0 Å². The SMILES string of the molecule is C[C@H](N)[C@@H](Oc1ccc2c(cnn2-c2ccc(F)cc2)c1)c1ccc(C(F)(F)F)cc1. The highest BCUT2D eigenvalue weighted by Crippen LogP contribution is 2.32. The lowest BCUT2D eigenvalue weighted by atomic mass is 10.0. The molecule has 2 N–H and O–H groups in total. The summed E-state index contributed by atoms with van der Waals surface area (Å²) in [5.74, 6) is 0.175. The van der Waals surface area contributed by atoms with Crippen molar-refractivity contribution < 1.29 is 22.3 Å². The first-order valence-electron chi connectivity index (χ1n) is 9.55. The van der Waals surface area contributed by atoms with E-state index >= 15 is 0 Å². The van der Waals surface area contributed by atoms with Crippen molar-refractivity contribution in [2.45, 2.75) is 25.2 Å². The molecule has 0 saturated heterocycles. The molecule has 4 aromatic rings. The Morgan fingerprint density at radius 3 is 2.26 bits per heavy atom. The number of halogens is 4. The Kier molecular flexibility index (Phi) is 5.41. The molecule has 4 nitrogen and oxygen atoms in total. The maximum Gasteiger partial charge on any atom is 0.416 e. The molecule has 31 heavy (non-hydrogen) atoms. The van der Waals surface area contributed by atoms with Gasteiger partial charge in [0.25, 0.3) is 0 Å². The van der Waals surface area contributed by atoms with E-state index < -0.39 is 23.9 Å². The fourth-order valence-electron chi connectivity index (χ4n) is 3.36. The average Bonchev–Trinajstić information content (AvgIpc) is 3.15. The van der Waals surface area contributed by atoms with E-state index in [2.05, 4.69) is 5.10 Å². The van der Waals surface area contributed by atoms with Crippen LogP contribution in [0.25, 0.3) is 16.6 Å². The number of hydrogen-bond acceptors (Lipinski definition) is 3. The lowest BCUT2D eigenvalue weighted by molar-refractivity contribution is -0.137. The fourth-order valence-corrected chi connectivity index (χ4v) is 3.36. The van der Waals surface area contributed by atoms with Gasteiger partial charge in [-0.1, -0.05) is 12.1 Å². The fraction of sp³-hybridized carbons (Fsp3) is 0.174. The minimum Gasteiger partial charge on any atom is -0.484 e. The summed E-state index contributed by atoms with van der Waals surface area (Å²) in [5, 5.41) is 5.14. The quantitative estimate of drug-likeness (QED) is 0.417. The molecule has 160 valence electrons. The molecule has 8 heteroatoms. The van der Waals surface area contributed by atoms with Gasteiger partial charge in [-0.2, -0.15) is 18.3 Å². The minimum atomic E-state index is -4.40. The molecule has 3 aromatic carbocycles. The van der Waals surface area contributed by atoms with E-state index in [4.69, 9.17) is 10.5 Å². The number of hydrogen-bond donors (Lipinski definition) is 1. The number of nitrogens with zero attached hydrogens (tertiary/aromatic N) is 2. The summed E-state index contributed by atoms with van der Waals surface area (Å²) in [5.41, 5.74) is 7.38. The van der Waals surface area contributed by atoms with Crippen LogP contribution in [0.2, 0.25) is 0 Å². The van der Waals surface area contributed by atoms with Gasteiger partial charge >= 0.3 is 6.18 Å². The Balaban J connectivity index is 1.61. The molecule has 0 radical (unpaired) electrons. The van der Waals surface area contributed by atoms with Crippen molar-refractivity contribution in [3.05, 3.63) is 89.9 Å². The largest absolute Gasteiger partial charge is 0.484 e. The normalized spacial score (nSPS) is 13.9.